The first-order valence-corrected chi connectivity index (χ1v) is 12.5. The molecule has 0 bridgehead atoms. The molecule has 0 N–H and O–H groups in total. The minimum absolute atomic E-state index is 0.120. The molecular weight excluding hydrogens is 507 g/mol. The van der Waals surface area contributed by atoms with E-state index in [9.17, 15) is 4.79 Å². The Morgan fingerprint density at radius 3 is 2.52 bits per heavy atom. The van der Waals surface area contributed by atoms with Crippen LogP contribution in [0, 0.1) is 3.57 Å². The lowest BCUT2D eigenvalue weighted by molar-refractivity contribution is -0.433. The Morgan fingerprint density at radius 1 is 1.11 bits per heavy atom. The molecule has 138 valence electrons. The largest absolute Gasteiger partial charge is 0.430 e. The molecule has 3 nitrogen and oxygen atoms in total. The van der Waals surface area contributed by atoms with Gasteiger partial charge < -0.3 is 4.90 Å². The predicted molar refractivity (Wildman–Crippen MR) is 127 cm³/mol. The summed E-state index contributed by atoms with van der Waals surface area (Å²) in [6.45, 7) is 3.49. The summed E-state index contributed by atoms with van der Waals surface area (Å²) in [5.74, 6) is 0.120. The van der Waals surface area contributed by atoms with Gasteiger partial charge in [0.25, 0.3) is 4.38 Å². The quantitative estimate of drug-likeness (QED) is 0.295. The van der Waals surface area contributed by atoms with E-state index in [1.165, 1.54) is 19.7 Å². The molecule has 4 rings (SSSR count). The summed E-state index contributed by atoms with van der Waals surface area (Å²) in [7, 11) is 0. The third kappa shape index (κ3) is 3.71. The van der Waals surface area contributed by atoms with Gasteiger partial charge in [0.05, 0.1) is 5.69 Å². The topological polar surface area (TPSA) is 23.3 Å². The lowest BCUT2D eigenvalue weighted by atomic mass is 10.2. The maximum Gasteiger partial charge on any atom is 0.430 e. The van der Waals surface area contributed by atoms with E-state index in [0.29, 0.717) is 6.54 Å². The zero-order valence-corrected chi connectivity index (χ0v) is 19.5. The van der Waals surface area contributed by atoms with Crippen LogP contribution in [-0.2, 0) is 11.3 Å². The van der Waals surface area contributed by atoms with Crippen molar-refractivity contribution in [3.8, 4) is 0 Å². The Labute approximate surface area is 185 Å². The Kier molecular flexibility index (Phi) is 5.92. The standard InChI is InChI=1S/C20H18IN2OS3/c1-3-22-18(24)17(27-20(22)25-2)19-23(12-13-8-10-14(21)11-9-13)15-6-4-5-7-16(15)26-19/h4-11H,3,12H2,1-2H3/q+1/b19-17+. The minimum atomic E-state index is 0.120. The zero-order chi connectivity index (χ0) is 19.0. The molecule has 0 saturated carbocycles. The Hall–Kier alpha value is -0.900. The summed E-state index contributed by atoms with van der Waals surface area (Å²) in [6.07, 6.45) is 2.03. The van der Waals surface area contributed by atoms with Crippen molar-refractivity contribution in [2.45, 2.75) is 18.4 Å². The van der Waals surface area contributed by atoms with Crippen molar-refractivity contribution in [2.75, 3.05) is 17.7 Å². The van der Waals surface area contributed by atoms with Gasteiger partial charge in [0.15, 0.2) is 11.4 Å². The van der Waals surface area contributed by atoms with Crippen LogP contribution in [-0.4, -0.2) is 27.7 Å². The molecule has 2 aliphatic heterocycles. The third-order valence-electron chi connectivity index (χ3n) is 4.40. The molecule has 0 spiro atoms. The molecule has 2 aromatic rings. The number of rotatable bonds is 3. The number of hydrogen-bond acceptors (Lipinski definition) is 5. The fourth-order valence-electron chi connectivity index (χ4n) is 3.08. The van der Waals surface area contributed by atoms with Crippen molar-refractivity contribution in [3.05, 3.63) is 67.6 Å². The molecule has 0 unspecified atom stereocenters. The number of anilines is 1. The number of hydrogen-bond donors (Lipinski definition) is 0. The van der Waals surface area contributed by atoms with E-state index in [1.807, 2.05) is 17.8 Å². The molecule has 0 fully saturated rings. The van der Waals surface area contributed by atoms with Gasteiger partial charge in [0.2, 0.25) is 0 Å². The lowest BCUT2D eigenvalue weighted by Gasteiger charge is -2.21. The van der Waals surface area contributed by atoms with Crippen LogP contribution in [0.15, 0.2) is 63.4 Å². The molecule has 2 aromatic carbocycles. The maximum atomic E-state index is 13.1. The highest BCUT2D eigenvalue weighted by molar-refractivity contribution is 14.1. The Bertz CT molecular complexity index is 969. The smallest absolute Gasteiger partial charge is 0.329 e. The second kappa shape index (κ2) is 8.23. The van der Waals surface area contributed by atoms with Crippen molar-refractivity contribution < 1.29 is 9.37 Å². The minimum Gasteiger partial charge on any atom is -0.329 e. The van der Waals surface area contributed by atoms with E-state index in [2.05, 4.69) is 76.0 Å². The molecule has 0 radical (unpaired) electrons. The number of fused-ring (bicyclic) bond motifs is 1. The van der Waals surface area contributed by atoms with Crippen LogP contribution in [0.5, 0.6) is 0 Å². The number of benzene rings is 2. The van der Waals surface area contributed by atoms with Crippen LogP contribution in [0.25, 0.3) is 0 Å². The number of carbonyl (C=O) groups excluding carboxylic acids is 1. The summed E-state index contributed by atoms with van der Waals surface area (Å²) >= 11 is 7.28. The van der Waals surface area contributed by atoms with Gasteiger partial charge in [-0.3, -0.25) is 0 Å². The van der Waals surface area contributed by atoms with E-state index in [0.717, 1.165) is 20.9 Å². The molecule has 7 heteroatoms. The first-order chi connectivity index (χ1) is 13.1. The van der Waals surface area contributed by atoms with Crippen LogP contribution in [0.3, 0.4) is 0 Å². The van der Waals surface area contributed by atoms with Gasteiger partial charge in [-0.1, -0.05) is 47.8 Å². The summed E-state index contributed by atoms with van der Waals surface area (Å²) in [5, 5.41) is 1.05. The van der Waals surface area contributed by atoms with E-state index in [-0.39, 0.29) is 5.91 Å². The number of carbonyl (C=O) groups is 1. The van der Waals surface area contributed by atoms with E-state index >= 15 is 0 Å². The number of para-hydroxylation sites is 1. The highest BCUT2D eigenvalue weighted by Crippen LogP contribution is 2.51. The molecule has 2 aliphatic rings. The van der Waals surface area contributed by atoms with Crippen molar-refractivity contribution in [1.82, 2.24) is 0 Å². The van der Waals surface area contributed by atoms with E-state index < -0.39 is 0 Å². The lowest BCUT2D eigenvalue weighted by Crippen LogP contribution is -2.22. The molecule has 0 saturated heterocycles. The summed E-state index contributed by atoms with van der Waals surface area (Å²) in [6, 6.07) is 17.0. The first-order valence-electron chi connectivity index (χ1n) is 8.56. The number of amides is 1. The van der Waals surface area contributed by atoms with Crippen LogP contribution >= 0.6 is 57.9 Å². The van der Waals surface area contributed by atoms with Gasteiger partial charge in [-0.2, -0.15) is 0 Å². The normalized spacial score (nSPS) is 19.2. The van der Waals surface area contributed by atoms with Gasteiger partial charge in [-0.15, -0.1) is 4.58 Å². The highest BCUT2D eigenvalue weighted by Gasteiger charge is 2.42. The number of halogens is 1. The molecule has 0 aromatic heterocycles. The number of likely N-dealkylation sites (N-methyl/N-ethyl adjacent to an activating group) is 1. The zero-order valence-electron chi connectivity index (χ0n) is 14.9. The molecule has 2 heterocycles. The van der Waals surface area contributed by atoms with Crippen molar-refractivity contribution in [1.29, 1.82) is 0 Å². The second-order valence-corrected chi connectivity index (χ2v) is 10.4. The molecule has 1 amide bonds. The maximum absolute atomic E-state index is 13.1. The average Bonchev–Trinajstić information content (AvgIpc) is 3.20. The van der Waals surface area contributed by atoms with E-state index in [1.54, 1.807) is 35.3 Å². The first kappa shape index (κ1) is 19.4. The van der Waals surface area contributed by atoms with Gasteiger partial charge >= 0.3 is 5.91 Å². The van der Waals surface area contributed by atoms with Crippen LogP contribution in [0.4, 0.5) is 5.69 Å². The van der Waals surface area contributed by atoms with Gasteiger partial charge in [-0.25, -0.2) is 4.79 Å². The third-order valence-corrected chi connectivity index (χ3v) is 8.71. The molecule has 27 heavy (non-hydrogen) atoms. The molecule has 0 aliphatic carbocycles. The molecule has 0 atom stereocenters. The molecular formula is C20H18IN2OS3+. The monoisotopic (exact) mass is 525 g/mol. The van der Waals surface area contributed by atoms with Crippen molar-refractivity contribution >= 4 is 73.8 Å². The van der Waals surface area contributed by atoms with Gasteiger partial charge in [0, 0.05) is 26.8 Å². The van der Waals surface area contributed by atoms with Crippen LogP contribution < -0.4 is 4.90 Å². The fraction of sp³-hybridized carbons (Fsp3) is 0.200. The summed E-state index contributed by atoms with van der Waals surface area (Å²) in [4.78, 5) is 17.4. The van der Waals surface area contributed by atoms with Crippen molar-refractivity contribution in [2.24, 2.45) is 0 Å². The van der Waals surface area contributed by atoms with Crippen LogP contribution in [0.2, 0.25) is 0 Å². The predicted octanol–water partition coefficient (Wildman–Crippen LogP) is 5.60. The SMILES string of the molecule is CC[N+]1=C(SC)S/C(=C2/Sc3ccccc3N2Cc2ccc(I)cc2)C1=O. The van der Waals surface area contributed by atoms with Gasteiger partial charge in [0.1, 0.15) is 5.03 Å². The fourth-order valence-corrected chi connectivity index (χ4v) is 6.69. The average molecular weight is 525 g/mol. The number of thioether (sulfide) groups is 3. The number of nitrogens with zero attached hydrogens (tertiary/aromatic N) is 2. The van der Waals surface area contributed by atoms with Crippen LogP contribution in [0.1, 0.15) is 12.5 Å². The highest BCUT2D eigenvalue weighted by atomic mass is 127. The van der Waals surface area contributed by atoms with Crippen molar-refractivity contribution in [3.63, 3.8) is 0 Å². The van der Waals surface area contributed by atoms with Gasteiger partial charge in [-0.05, 0) is 65.6 Å². The van der Waals surface area contributed by atoms with E-state index in [4.69, 9.17) is 0 Å². The Morgan fingerprint density at radius 2 is 1.85 bits per heavy atom. The Balaban J connectivity index is 1.76. The summed E-state index contributed by atoms with van der Waals surface area (Å²) < 4.78 is 4.17. The second-order valence-electron chi connectivity index (χ2n) is 6.04. The summed E-state index contributed by atoms with van der Waals surface area (Å²) in [5.41, 5.74) is 2.42.